The molecule has 0 amide bonds. The Bertz CT molecular complexity index is 327. The molecule has 0 aromatic carbocycles. The summed E-state index contributed by atoms with van der Waals surface area (Å²) in [5.41, 5.74) is 0. The van der Waals surface area contributed by atoms with E-state index in [1.807, 2.05) is 7.05 Å². The first-order chi connectivity index (χ1) is 8.35. The van der Waals surface area contributed by atoms with E-state index in [0.29, 0.717) is 5.89 Å². The minimum atomic E-state index is 0.170. The van der Waals surface area contributed by atoms with Gasteiger partial charge >= 0.3 is 0 Å². The van der Waals surface area contributed by atoms with Gasteiger partial charge in [0.2, 0.25) is 5.89 Å². The van der Waals surface area contributed by atoms with Gasteiger partial charge in [-0.2, -0.15) is 4.98 Å². The van der Waals surface area contributed by atoms with Crippen LogP contribution in [0.25, 0.3) is 0 Å². The molecule has 5 heteroatoms. The van der Waals surface area contributed by atoms with Crippen molar-refractivity contribution in [2.24, 2.45) is 0 Å². The van der Waals surface area contributed by atoms with E-state index in [1.54, 1.807) is 0 Å². The molecule has 0 spiro atoms. The predicted molar refractivity (Wildman–Crippen MR) is 67.1 cm³/mol. The van der Waals surface area contributed by atoms with Crippen molar-refractivity contribution < 1.29 is 4.52 Å². The summed E-state index contributed by atoms with van der Waals surface area (Å²) < 4.78 is 5.34. The molecule has 0 aliphatic carbocycles. The maximum atomic E-state index is 5.34. The maximum Gasteiger partial charge on any atom is 0.266 e. The van der Waals surface area contributed by atoms with Gasteiger partial charge in [0.25, 0.3) is 5.95 Å². The molecule has 0 radical (unpaired) electrons. The highest BCUT2D eigenvalue weighted by Gasteiger charge is 2.19. The fraction of sp³-hybridized carbons (Fsp3) is 0.833. The molecule has 1 unspecified atom stereocenters. The zero-order chi connectivity index (χ0) is 12.1. The number of aromatic nitrogens is 2. The average molecular weight is 238 g/mol. The van der Waals surface area contributed by atoms with E-state index in [4.69, 9.17) is 4.52 Å². The monoisotopic (exact) mass is 238 g/mol. The Morgan fingerprint density at radius 3 is 2.59 bits per heavy atom. The van der Waals surface area contributed by atoms with E-state index < -0.39 is 0 Å². The van der Waals surface area contributed by atoms with Gasteiger partial charge in [0.05, 0.1) is 6.04 Å². The molecule has 2 rings (SSSR count). The summed E-state index contributed by atoms with van der Waals surface area (Å²) in [6, 6.07) is 0.170. The first-order valence-electron chi connectivity index (χ1n) is 6.61. The Morgan fingerprint density at radius 2 is 2.00 bits per heavy atom. The molecule has 1 aromatic heterocycles. The van der Waals surface area contributed by atoms with Crippen LogP contribution in [-0.4, -0.2) is 30.3 Å². The van der Waals surface area contributed by atoms with E-state index in [-0.39, 0.29) is 6.04 Å². The highest BCUT2D eigenvalue weighted by Crippen LogP contribution is 2.20. The van der Waals surface area contributed by atoms with Crippen molar-refractivity contribution in [1.29, 1.82) is 0 Å². The Kier molecular flexibility index (Phi) is 4.36. The quantitative estimate of drug-likeness (QED) is 0.870. The summed E-state index contributed by atoms with van der Waals surface area (Å²) in [5, 5.41) is 7.28. The Balaban J connectivity index is 2.05. The predicted octanol–water partition coefficient (Wildman–Crippen LogP) is 2.12. The molecule has 1 fully saturated rings. The molecular weight excluding hydrogens is 216 g/mol. The van der Waals surface area contributed by atoms with E-state index in [0.717, 1.165) is 25.5 Å². The molecule has 0 bridgehead atoms. The molecular formula is C12H22N4O. The van der Waals surface area contributed by atoms with Gasteiger partial charge in [0, 0.05) is 13.1 Å². The van der Waals surface area contributed by atoms with Gasteiger partial charge in [-0.3, -0.25) is 0 Å². The summed E-state index contributed by atoms with van der Waals surface area (Å²) in [7, 11) is 1.92. The fourth-order valence-corrected chi connectivity index (χ4v) is 2.27. The minimum absolute atomic E-state index is 0.170. The first-order valence-corrected chi connectivity index (χ1v) is 6.61. The van der Waals surface area contributed by atoms with Crippen molar-refractivity contribution in [1.82, 2.24) is 15.5 Å². The van der Waals surface area contributed by atoms with E-state index >= 15 is 0 Å². The lowest BCUT2D eigenvalue weighted by molar-refractivity contribution is 0.333. The molecule has 2 heterocycles. The molecule has 1 aliphatic rings. The van der Waals surface area contributed by atoms with Gasteiger partial charge in [-0.25, -0.2) is 0 Å². The summed E-state index contributed by atoms with van der Waals surface area (Å²) >= 11 is 0. The minimum Gasteiger partial charge on any atom is -0.338 e. The van der Waals surface area contributed by atoms with Crippen molar-refractivity contribution in [2.45, 2.75) is 45.1 Å². The van der Waals surface area contributed by atoms with Gasteiger partial charge in [-0.1, -0.05) is 19.8 Å². The van der Waals surface area contributed by atoms with Gasteiger partial charge in [-0.05, 0) is 31.5 Å². The fourth-order valence-electron chi connectivity index (χ4n) is 2.27. The van der Waals surface area contributed by atoms with Crippen LogP contribution in [0.3, 0.4) is 0 Å². The smallest absolute Gasteiger partial charge is 0.266 e. The molecule has 17 heavy (non-hydrogen) atoms. The van der Waals surface area contributed by atoms with E-state index in [1.165, 1.54) is 25.7 Å². The van der Waals surface area contributed by atoms with Gasteiger partial charge < -0.3 is 14.7 Å². The van der Waals surface area contributed by atoms with Gasteiger partial charge in [-0.15, -0.1) is 0 Å². The van der Waals surface area contributed by atoms with Crippen LogP contribution in [0.15, 0.2) is 4.52 Å². The lowest BCUT2D eigenvalue weighted by atomic mass is 10.2. The Labute approximate surface area is 103 Å². The molecule has 1 atom stereocenters. The molecule has 1 saturated heterocycles. The topological polar surface area (TPSA) is 54.2 Å². The second kappa shape index (κ2) is 6.00. The summed E-state index contributed by atoms with van der Waals surface area (Å²) in [6.07, 6.45) is 6.04. The van der Waals surface area contributed by atoms with Crippen LogP contribution in [-0.2, 0) is 0 Å². The highest BCUT2D eigenvalue weighted by molar-refractivity contribution is 5.28. The van der Waals surface area contributed by atoms with Crippen LogP contribution in [0.1, 0.15) is 51.0 Å². The first kappa shape index (κ1) is 12.4. The second-order valence-corrected chi connectivity index (χ2v) is 4.58. The number of nitrogens with one attached hydrogen (secondary N) is 1. The third-order valence-electron chi connectivity index (χ3n) is 3.37. The summed E-state index contributed by atoms with van der Waals surface area (Å²) in [6.45, 7) is 4.21. The van der Waals surface area contributed by atoms with Crippen LogP contribution in [0.2, 0.25) is 0 Å². The van der Waals surface area contributed by atoms with Crippen molar-refractivity contribution in [3.05, 3.63) is 5.89 Å². The number of nitrogens with zero attached hydrogens (tertiary/aromatic N) is 3. The van der Waals surface area contributed by atoms with Gasteiger partial charge in [0.15, 0.2) is 0 Å². The molecule has 5 nitrogen and oxygen atoms in total. The Hall–Kier alpha value is -1.10. The van der Waals surface area contributed by atoms with E-state index in [9.17, 15) is 0 Å². The Morgan fingerprint density at radius 1 is 1.29 bits per heavy atom. The summed E-state index contributed by atoms with van der Waals surface area (Å²) in [4.78, 5) is 6.74. The van der Waals surface area contributed by atoms with Crippen LogP contribution in [0.4, 0.5) is 5.95 Å². The lowest BCUT2D eigenvalue weighted by Gasteiger charge is -2.16. The van der Waals surface area contributed by atoms with Crippen molar-refractivity contribution in [3.63, 3.8) is 0 Å². The number of hydrogen-bond donors (Lipinski definition) is 1. The third kappa shape index (κ3) is 2.97. The van der Waals surface area contributed by atoms with Crippen LogP contribution >= 0.6 is 0 Å². The van der Waals surface area contributed by atoms with E-state index in [2.05, 4.69) is 27.3 Å². The number of rotatable bonds is 4. The highest BCUT2D eigenvalue weighted by atomic mass is 16.5. The van der Waals surface area contributed by atoms with Crippen LogP contribution in [0, 0.1) is 0 Å². The molecule has 1 N–H and O–H groups in total. The van der Waals surface area contributed by atoms with Crippen LogP contribution in [0.5, 0.6) is 0 Å². The number of hydrogen-bond acceptors (Lipinski definition) is 5. The zero-order valence-corrected chi connectivity index (χ0v) is 10.8. The van der Waals surface area contributed by atoms with Crippen LogP contribution < -0.4 is 10.2 Å². The largest absolute Gasteiger partial charge is 0.338 e. The molecule has 96 valence electrons. The molecule has 1 aliphatic heterocycles. The van der Waals surface area contributed by atoms with Crippen molar-refractivity contribution in [2.75, 3.05) is 25.0 Å². The average Bonchev–Trinajstić information content (AvgIpc) is 2.67. The maximum absolute atomic E-state index is 5.34. The number of anilines is 1. The van der Waals surface area contributed by atoms with Crippen molar-refractivity contribution in [3.8, 4) is 0 Å². The van der Waals surface area contributed by atoms with Gasteiger partial charge in [0.1, 0.15) is 0 Å². The summed E-state index contributed by atoms with van der Waals surface area (Å²) in [5.74, 6) is 1.46. The van der Waals surface area contributed by atoms with Crippen molar-refractivity contribution >= 4 is 5.95 Å². The second-order valence-electron chi connectivity index (χ2n) is 4.58. The lowest BCUT2D eigenvalue weighted by Crippen LogP contribution is -2.25. The SMILES string of the molecule is CCC(NC)c1nc(N2CCCCCC2)no1. The normalized spacial score (nSPS) is 19.1. The molecule has 0 saturated carbocycles. The zero-order valence-electron chi connectivity index (χ0n) is 10.8. The standard InChI is InChI=1S/C12H22N4O/c1-3-10(13-2)11-14-12(15-17-11)16-8-6-4-5-7-9-16/h10,13H,3-9H2,1-2H3. The molecule has 1 aromatic rings. The third-order valence-corrected chi connectivity index (χ3v) is 3.37.